The highest BCUT2D eigenvalue weighted by molar-refractivity contribution is 5.93. The minimum atomic E-state index is -0.336. The van der Waals surface area contributed by atoms with Gasteiger partial charge in [0.25, 0.3) is 0 Å². The average Bonchev–Trinajstić information content (AvgIpc) is 3.25. The van der Waals surface area contributed by atoms with E-state index in [0.717, 1.165) is 22.3 Å². The standard InChI is InChI=1S/C17H20N6O2/c1-11(2)23-16-5-4-14(6-13(16)7-18-23)22-10-15(25-17(22)24)9-21-8-12(3)19-20-21/h4-8,11,15H,9-10H2,1-3H3. The van der Waals surface area contributed by atoms with Crippen LogP contribution in [0, 0.1) is 6.92 Å². The van der Waals surface area contributed by atoms with Crippen LogP contribution in [0.2, 0.25) is 0 Å². The van der Waals surface area contributed by atoms with Crippen molar-refractivity contribution in [1.29, 1.82) is 0 Å². The molecule has 0 spiro atoms. The number of hydrogen-bond donors (Lipinski definition) is 0. The van der Waals surface area contributed by atoms with Gasteiger partial charge in [-0.25, -0.2) is 9.48 Å². The van der Waals surface area contributed by atoms with E-state index in [1.807, 2.05) is 42.2 Å². The van der Waals surface area contributed by atoms with Gasteiger partial charge in [-0.1, -0.05) is 5.21 Å². The third kappa shape index (κ3) is 2.84. The van der Waals surface area contributed by atoms with Crippen molar-refractivity contribution >= 4 is 22.7 Å². The van der Waals surface area contributed by atoms with Crippen LogP contribution in [-0.4, -0.2) is 43.5 Å². The Hall–Kier alpha value is -2.90. The smallest absolute Gasteiger partial charge is 0.414 e. The van der Waals surface area contributed by atoms with E-state index in [2.05, 4.69) is 29.3 Å². The molecule has 1 amide bonds. The zero-order valence-corrected chi connectivity index (χ0v) is 14.5. The van der Waals surface area contributed by atoms with Gasteiger partial charge in [-0.3, -0.25) is 9.58 Å². The summed E-state index contributed by atoms with van der Waals surface area (Å²) < 4.78 is 9.15. The number of ether oxygens (including phenoxy) is 1. The van der Waals surface area contributed by atoms with Crippen LogP contribution in [0.3, 0.4) is 0 Å². The van der Waals surface area contributed by atoms with E-state index in [4.69, 9.17) is 4.74 Å². The highest BCUT2D eigenvalue weighted by atomic mass is 16.6. The normalized spacial score (nSPS) is 17.7. The van der Waals surface area contributed by atoms with E-state index in [0.29, 0.717) is 13.1 Å². The molecule has 0 saturated carbocycles. The molecule has 3 heterocycles. The van der Waals surface area contributed by atoms with Crippen molar-refractivity contribution in [3.8, 4) is 0 Å². The number of aromatic nitrogens is 5. The lowest BCUT2D eigenvalue weighted by atomic mass is 10.2. The first-order valence-corrected chi connectivity index (χ1v) is 8.33. The second kappa shape index (κ2) is 5.87. The first-order chi connectivity index (χ1) is 12.0. The summed E-state index contributed by atoms with van der Waals surface area (Å²) in [5, 5.41) is 13.4. The Labute approximate surface area is 145 Å². The van der Waals surface area contributed by atoms with Crippen molar-refractivity contribution in [2.24, 2.45) is 0 Å². The predicted octanol–water partition coefficient (Wildman–Crippen LogP) is 2.54. The van der Waals surface area contributed by atoms with Crippen LogP contribution >= 0.6 is 0 Å². The molecular formula is C17H20N6O2. The quantitative estimate of drug-likeness (QED) is 0.729. The van der Waals surface area contributed by atoms with Crippen LogP contribution in [0.1, 0.15) is 25.6 Å². The molecule has 4 rings (SSSR count). The van der Waals surface area contributed by atoms with E-state index in [1.54, 1.807) is 9.58 Å². The van der Waals surface area contributed by atoms with Gasteiger partial charge in [0.2, 0.25) is 0 Å². The third-order valence-electron chi connectivity index (χ3n) is 4.30. The molecule has 1 saturated heterocycles. The number of aryl methyl sites for hydroxylation is 1. The average molecular weight is 340 g/mol. The minimum absolute atomic E-state index is 0.248. The summed E-state index contributed by atoms with van der Waals surface area (Å²) in [7, 11) is 0. The molecule has 130 valence electrons. The molecule has 1 atom stereocenters. The van der Waals surface area contributed by atoms with E-state index in [9.17, 15) is 4.79 Å². The fourth-order valence-corrected chi connectivity index (χ4v) is 3.14. The molecular weight excluding hydrogens is 320 g/mol. The fourth-order valence-electron chi connectivity index (χ4n) is 3.14. The minimum Gasteiger partial charge on any atom is -0.442 e. The van der Waals surface area contributed by atoms with E-state index < -0.39 is 0 Å². The molecule has 0 radical (unpaired) electrons. The van der Waals surface area contributed by atoms with Gasteiger partial charge in [0, 0.05) is 23.3 Å². The molecule has 3 aromatic rings. The molecule has 2 aromatic heterocycles. The molecule has 1 unspecified atom stereocenters. The van der Waals surface area contributed by atoms with Gasteiger partial charge < -0.3 is 4.74 Å². The zero-order chi connectivity index (χ0) is 17.6. The SMILES string of the molecule is Cc1cn(CC2CN(c3ccc4c(cnn4C(C)C)c3)C(=O)O2)nn1. The van der Waals surface area contributed by atoms with Gasteiger partial charge in [-0.2, -0.15) is 5.10 Å². The van der Waals surface area contributed by atoms with Crippen molar-refractivity contribution < 1.29 is 9.53 Å². The molecule has 8 nitrogen and oxygen atoms in total. The van der Waals surface area contributed by atoms with Crippen LogP contribution in [0.15, 0.2) is 30.6 Å². The number of nitrogens with zero attached hydrogens (tertiary/aromatic N) is 6. The Kier molecular flexibility index (Phi) is 3.67. The Morgan fingerprint density at radius 3 is 2.92 bits per heavy atom. The number of hydrogen-bond acceptors (Lipinski definition) is 5. The lowest BCUT2D eigenvalue weighted by molar-refractivity contribution is 0.129. The number of benzene rings is 1. The van der Waals surface area contributed by atoms with Crippen molar-refractivity contribution in [2.75, 3.05) is 11.4 Å². The van der Waals surface area contributed by atoms with Gasteiger partial charge in [0.05, 0.1) is 30.5 Å². The van der Waals surface area contributed by atoms with Crippen molar-refractivity contribution in [3.63, 3.8) is 0 Å². The Morgan fingerprint density at radius 2 is 2.20 bits per heavy atom. The summed E-state index contributed by atoms with van der Waals surface area (Å²) >= 11 is 0. The predicted molar refractivity (Wildman–Crippen MR) is 92.5 cm³/mol. The summed E-state index contributed by atoms with van der Waals surface area (Å²) in [5.41, 5.74) is 2.72. The Morgan fingerprint density at radius 1 is 1.36 bits per heavy atom. The largest absolute Gasteiger partial charge is 0.442 e. The summed E-state index contributed by atoms with van der Waals surface area (Å²) in [6, 6.07) is 6.20. The number of fused-ring (bicyclic) bond motifs is 1. The first kappa shape index (κ1) is 15.6. The lowest BCUT2D eigenvalue weighted by Gasteiger charge is -2.14. The Balaban J connectivity index is 1.55. The van der Waals surface area contributed by atoms with Crippen LogP contribution < -0.4 is 4.90 Å². The van der Waals surface area contributed by atoms with Crippen molar-refractivity contribution in [2.45, 2.75) is 39.5 Å². The summed E-state index contributed by atoms with van der Waals surface area (Å²) in [5.74, 6) is 0. The number of cyclic esters (lactones) is 1. The highest BCUT2D eigenvalue weighted by Crippen LogP contribution is 2.27. The monoisotopic (exact) mass is 340 g/mol. The molecule has 1 aliphatic heterocycles. The number of carbonyl (C=O) groups is 1. The maximum Gasteiger partial charge on any atom is 0.414 e. The number of anilines is 1. The summed E-state index contributed by atoms with van der Waals surface area (Å²) in [6.45, 7) is 7.05. The molecule has 0 N–H and O–H groups in total. The molecule has 1 aromatic carbocycles. The molecule has 25 heavy (non-hydrogen) atoms. The molecule has 1 fully saturated rings. The van der Waals surface area contributed by atoms with Gasteiger partial charge >= 0.3 is 6.09 Å². The second-order valence-electron chi connectivity index (χ2n) is 6.62. The van der Waals surface area contributed by atoms with Crippen LogP contribution in [0.5, 0.6) is 0 Å². The fraction of sp³-hybridized carbons (Fsp3) is 0.412. The molecule has 1 aliphatic rings. The van der Waals surface area contributed by atoms with Gasteiger partial charge in [-0.05, 0) is 39.0 Å². The maximum atomic E-state index is 12.3. The third-order valence-corrected chi connectivity index (χ3v) is 4.30. The Bertz CT molecular complexity index is 928. The zero-order valence-electron chi connectivity index (χ0n) is 14.5. The highest BCUT2D eigenvalue weighted by Gasteiger charge is 2.33. The molecule has 0 aliphatic carbocycles. The lowest BCUT2D eigenvalue weighted by Crippen LogP contribution is -2.26. The van der Waals surface area contributed by atoms with Crippen LogP contribution in [-0.2, 0) is 11.3 Å². The van der Waals surface area contributed by atoms with Crippen molar-refractivity contribution in [3.05, 3.63) is 36.3 Å². The van der Waals surface area contributed by atoms with E-state index in [-0.39, 0.29) is 18.2 Å². The number of amides is 1. The van der Waals surface area contributed by atoms with Crippen LogP contribution in [0.25, 0.3) is 10.9 Å². The van der Waals surface area contributed by atoms with Gasteiger partial charge in [0.15, 0.2) is 0 Å². The summed E-state index contributed by atoms with van der Waals surface area (Å²) in [4.78, 5) is 13.9. The van der Waals surface area contributed by atoms with Crippen LogP contribution in [0.4, 0.5) is 10.5 Å². The van der Waals surface area contributed by atoms with Gasteiger partial charge in [-0.15, -0.1) is 5.10 Å². The molecule has 0 bridgehead atoms. The number of rotatable bonds is 4. The molecule has 8 heteroatoms. The number of carbonyl (C=O) groups excluding carboxylic acids is 1. The summed E-state index contributed by atoms with van der Waals surface area (Å²) in [6.07, 6.45) is 3.08. The topological polar surface area (TPSA) is 78.1 Å². The second-order valence-corrected chi connectivity index (χ2v) is 6.62. The first-order valence-electron chi connectivity index (χ1n) is 8.33. The van der Waals surface area contributed by atoms with Gasteiger partial charge in [0.1, 0.15) is 6.10 Å². The maximum absolute atomic E-state index is 12.3. The van der Waals surface area contributed by atoms with Crippen molar-refractivity contribution in [1.82, 2.24) is 24.8 Å². The van der Waals surface area contributed by atoms with E-state index >= 15 is 0 Å². The van der Waals surface area contributed by atoms with E-state index in [1.165, 1.54) is 0 Å².